The van der Waals surface area contributed by atoms with E-state index in [-0.39, 0.29) is 17.9 Å². The number of carbonyl (C=O) groups excluding carboxylic acids is 1. The van der Waals surface area contributed by atoms with Gasteiger partial charge in [0.2, 0.25) is 5.91 Å². The van der Waals surface area contributed by atoms with Crippen molar-refractivity contribution in [3.05, 3.63) is 102 Å². The smallest absolute Gasteiger partial charge is 0.233 e. The Morgan fingerprint density at radius 2 is 1.50 bits per heavy atom. The van der Waals surface area contributed by atoms with Crippen molar-refractivity contribution in [3.63, 3.8) is 0 Å². The molecule has 0 bridgehead atoms. The van der Waals surface area contributed by atoms with E-state index >= 15 is 0 Å². The van der Waals surface area contributed by atoms with Crippen LogP contribution >= 0.6 is 0 Å². The van der Waals surface area contributed by atoms with E-state index in [1.54, 1.807) is 12.4 Å². The van der Waals surface area contributed by atoms with Crippen molar-refractivity contribution in [2.45, 2.75) is 18.5 Å². The molecule has 1 aliphatic heterocycles. The lowest BCUT2D eigenvalue weighted by Crippen LogP contribution is -2.52. The number of aromatic nitrogens is 1. The lowest BCUT2D eigenvalue weighted by atomic mass is 9.78. The summed E-state index contributed by atoms with van der Waals surface area (Å²) < 4.78 is 0. The zero-order chi connectivity index (χ0) is 16.4. The average Bonchev–Trinajstić information content (AvgIpc) is 2.66. The highest BCUT2D eigenvalue weighted by Crippen LogP contribution is 2.46. The number of β-lactam (4-membered cyclic amide) rings is 1. The van der Waals surface area contributed by atoms with Crippen LogP contribution in [0.15, 0.2) is 85.2 Å². The van der Waals surface area contributed by atoms with E-state index in [4.69, 9.17) is 0 Å². The van der Waals surface area contributed by atoms with Crippen LogP contribution in [0.3, 0.4) is 0 Å². The van der Waals surface area contributed by atoms with Gasteiger partial charge in [0.1, 0.15) is 0 Å². The van der Waals surface area contributed by atoms with Crippen LogP contribution in [0, 0.1) is 0 Å². The Labute approximate surface area is 141 Å². The fourth-order valence-electron chi connectivity index (χ4n) is 3.41. The molecule has 2 aromatic carbocycles. The standard InChI is InChI=1S/C21H18N2O/c24-21-19(18-12-7-13-22-14-18)20(17-10-5-2-6-11-17)23(21)15-16-8-3-1-4-9-16/h1-14,19-20H,15H2. The van der Waals surface area contributed by atoms with E-state index in [0.29, 0.717) is 6.54 Å². The van der Waals surface area contributed by atoms with Crippen LogP contribution in [-0.4, -0.2) is 15.8 Å². The fraction of sp³-hybridized carbons (Fsp3) is 0.143. The van der Waals surface area contributed by atoms with Crippen LogP contribution in [0.5, 0.6) is 0 Å². The molecule has 0 aliphatic carbocycles. The van der Waals surface area contributed by atoms with Gasteiger partial charge in [-0.15, -0.1) is 0 Å². The molecule has 2 atom stereocenters. The molecule has 4 rings (SSSR count). The van der Waals surface area contributed by atoms with Gasteiger partial charge in [-0.2, -0.15) is 0 Å². The summed E-state index contributed by atoms with van der Waals surface area (Å²) in [6.07, 6.45) is 3.55. The van der Waals surface area contributed by atoms with Gasteiger partial charge in [-0.25, -0.2) is 0 Å². The molecule has 2 heterocycles. The zero-order valence-corrected chi connectivity index (χ0v) is 13.2. The molecule has 3 aromatic rings. The van der Waals surface area contributed by atoms with Crippen LogP contribution in [0.25, 0.3) is 0 Å². The minimum Gasteiger partial charge on any atom is -0.330 e. The monoisotopic (exact) mass is 314 g/mol. The predicted molar refractivity (Wildman–Crippen MR) is 93.2 cm³/mol. The third kappa shape index (κ3) is 2.58. The highest BCUT2D eigenvalue weighted by Gasteiger charge is 2.48. The number of hydrogen-bond donors (Lipinski definition) is 0. The number of pyridine rings is 1. The second kappa shape index (κ2) is 6.28. The first kappa shape index (κ1) is 14.6. The molecule has 3 heteroatoms. The maximum atomic E-state index is 12.8. The second-order valence-electron chi connectivity index (χ2n) is 6.07. The molecule has 1 fully saturated rings. The van der Waals surface area contributed by atoms with E-state index in [2.05, 4.69) is 29.2 Å². The topological polar surface area (TPSA) is 33.2 Å². The summed E-state index contributed by atoms with van der Waals surface area (Å²) in [7, 11) is 0. The van der Waals surface area contributed by atoms with Crippen LogP contribution in [0.4, 0.5) is 0 Å². The molecule has 0 saturated carbocycles. The Morgan fingerprint density at radius 3 is 2.17 bits per heavy atom. The predicted octanol–water partition coefficient (Wildman–Crippen LogP) is 3.95. The summed E-state index contributed by atoms with van der Waals surface area (Å²) in [4.78, 5) is 19.0. The molecule has 3 nitrogen and oxygen atoms in total. The van der Waals surface area contributed by atoms with Crippen LogP contribution in [0.1, 0.15) is 28.7 Å². The first-order chi connectivity index (χ1) is 11.8. The van der Waals surface area contributed by atoms with Gasteiger partial charge >= 0.3 is 0 Å². The molecule has 2 unspecified atom stereocenters. The molecule has 1 amide bonds. The number of likely N-dealkylation sites (tertiary alicyclic amines) is 1. The Kier molecular flexibility index (Phi) is 3.83. The highest BCUT2D eigenvalue weighted by molar-refractivity contribution is 5.91. The molecule has 0 spiro atoms. The maximum absolute atomic E-state index is 12.8. The molecule has 0 radical (unpaired) electrons. The summed E-state index contributed by atoms with van der Waals surface area (Å²) in [5, 5.41) is 0. The molecule has 118 valence electrons. The van der Waals surface area contributed by atoms with Crippen molar-refractivity contribution < 1.29 is 4.79 Å². The van der Waals surface area contributed by atoms with Crippen molar-refractivity contribution in [2.75, 3.05) is 0 Å². The van der Waals surface area contributed by atoms with E-state index in [0.717, 1.165) is 11.1 Å². The molecule has 1 aromatic heterocycles. The lowest BCUT2D eigenvalue weighted by molar-refractivity contribution is -0.151. The number of amides is 1. The zero-order valence-electron chi connectivity index (χ0n) is 13.2. The summed E-state index contributed by atoms with van der Waals surface area (Å²) in [5.74, 6) is 0.0190. The van der Waals surface area contributed by atoms with Crippen molar-refractivity contribution in [2.24, 2.45) is 0 Å². The van der Waals surface area contributed by atoms with Crippen LogP contribution < -0.4 is 0 Å². The average molecular weight is 314 g/mol. The van der Waals surface area contributed by atoms with Crippen molar-refractivity contribution in [1.82, 2.24) is 9.88 Å². The summed E-state index contributed by atoms with van der Waals surface area (Å²) >= 11 is 0. The van der Waals surface area contributed by atoms with Gasteiger partial charge < -0.3 is 4.90 Å². The fourth-order valence-corrected chi connectivity index (χ4v) is 3.41. The van der Waals surface area contributed by atoms with Crippen molar-refractivity contribution in [1.29, 1.82) is 0 Å². The molecule has 24 heavy (non-hydrogen) atoms. The third-order valence-corrected chi connectivity index (χ3v) is 4.58. The highest BCUT2D eigenvalue weighted by atomic mass is 16.2. The number of rotatable bonds is 4. The SMILES string of the molecule is O=C1C(c2cccnc2)C(c2ccccc2)N1Cc1ccccc1. The molecular weight excluding hydrogens is 296 g/mol. The molecular formula is C21H18N2O. The van der Waals surface area contributed by atoms with E-state index in [1.807, 2.05) is 53.4 Å². The Balaban J connectivity index is 1.68. The third-order valence-electron chi connectivity index (χ3n) is 4.58. The molecule has 1 saturated heterocycles. The van der Waals surface area contributed by atoms with Gasteiger partial charge in [-0.05, 0) is 22.8 Å². The van der Waals surface area contributed by atoms with E-state index in [1.165, 1.54) is 5.56 Å². The summed E-state index contributed by atoms with van der Waals surface area (Å²) in [6, 6.07) is 24.3. The summed E-state index contributed by atoms with van der Waals surface area (Å²) in [5.41, 5.74) is 3.30. The number of nitrogens with zero attached hydrogens (tertiary/aromatic N) is 2. The van der Waals surface area contributed by atoms with E-state index < -0.39 is 0 Å². The maximum Gasteiger partial charge on any atom is 0.233 e. The Hall–Kier alpha value is -2.94. The van der Waals surface area contributed by atoms with E-state index in [9.17, 15) is 4.79 Å². The first-order valence-corrected chi connectivity index (χ1v) is 8.14. The lowest BCUT2D eigenvalue weighted by Gasteiger charge is -2.47. The van der Waals surface area contributed by atoms with Gasteiger partial charge in [-0.3, -0.25) is 9.78 Å². The summed E-state index contributed by atoms with van der Waals surface area (Å²) in [6.45, 7) is 0.635. The van der Waals surface area contributed by atoms with Gasteiger partial charge in [0.15, 0.2) is 0 Å². The van der Waals surface area contributed by atoms with Gasteiger partial charge in [-0.1, -0.05) is 66.7 Å². The minimum atomic E-state index is -0.148. The Morgan fingerprint density at radius 1 is 0.833 bits per heavy atom. The van der Waals surface area contributed by atoms with Crippen LogP contribution in [-0.2, 0) is 11.3 Å². The van der Waals surface area contributed by atoms with Crippen LogP contribution in [0.2, 0.25) is 0 Å². The molecule has 1 aliphatic rings. The van der Waals surface area contributed by atoms with Gasteiger partial charge in [0.25, 0.3) is 0 Å². The minimum absolute atomic E-state index is 0.0584. The van der Waals surface area contributed by atoms with Gasteiger partial charge in [0, 0.05) is 18.9 Å². The number of hydrogen-bond acceptors (Lipinski definition) is 2. The molecule has 0 N–H and O–H groups in total. The Bertz CT molecular complexity index is 818. The van der Waals surface area contributed by atoms with Crippen molar-refractivity contribution >= 4 is 5.91 Å². The second-order valence-corrected chi connectivity index (χ2v) is 6.07. The number of benzene rings is 2. The van der Waals surface area contributed by atoms with Gasteiger partial charge in [0.05, 0.1) is 12.0 Å². The quantitative estimate of drug-likeness (QED) is 0.683. The van der Waals surface area contributed by atoms with Crippen molar-refractivity contribution in [3.8, 4) is 0 Å². The largest absolute Gasteiger partial charge is 0.330 e. The number of carbonyl (C=O) groups is 1. The normalized spacial score (nSPS) is 19.8. The first-order valence-electron chi connectivity index (χ1n) is 8.14.